The Balaban J connectivity index is 4.09. The lowest BCUT2D eigenvalue weighted by atomic mass is 10.4. The molecule has 0 fully saturated rings. The Kier molecular flexibility index (Phi) is 16.5. The largest absolute Gasteiger partial charge is 0.500 e. The number of carbonyl (C=O) groups is 1. The van der Waals surface area contributed by atoms with E-state index >= 15 is 0 Å². The van der Waals surface area contributed by atoms with Crippen molar-refractivity contribution < 1.29 is 32.3 Å². The van der Waals surface area contributed by atoms with E-state index in [4.69, 9.17) is 27.5 Å². The summed E-state index contributed by atoms with van der Waals surface area (Å²) in [6.07, 6.45) is 1.43. The summed E-state index contributed by atoms with van der Waals surface area (Å²) in [7, 11) is -2.67. The van der Waals surface area contributed by atoms with Crippen molar-refractivity contribution in [1.82, 2.24) is 5.32 Å². The van der Waals surface area contributed by atoms with Crippen LogP contribution >= 0.6 is 0 Å². The Bertz CT molecular complexity index is 368. The molecule has 0 radical (unpaired) electrons. The van der Waals surface area contributed by atoms with E-state index in [9.17, 15) is 4.79 Å². The van der Waals surface area contributed by atoms with Crippen LogP contribution in [0.4, 0.5) is 4.79 Å². The van der Waals surface area contributed by atoms with Crippen LogP contribution in [0.2, 0.25) is 6.04 Å². The Hall–Kier alpha value is -0.973. The lowest BCUT2D eigenvalue weighted by Crippen LogP contribution is -2.46. The van der Waals surface area contributed by atoms with Crippen LogP contribution in [0, 0.1) is 0 Å². The summed E-state index contributed by atoms with van der Waals surface area (Å²) < 4.78 is 33.2. The van der Waals surface area contributed by atoms with Crippen molar-refractivity contribution in [3.05, 3.63) is 12.7 Å². The van der Waals surface area contributed by atoms with E-state index in [2.05, 4.69) is 11.9 Å². The average Bonchev–Trinajstić information content (AvgIpc) is 2.65. The van der Waals surface area contributed by atoms with Gasteiger partial charge in [-0.05, 0) is 34.1 Å². The summed E-state index contributed by atoms with van der Waals surface area (Å²) in [4.78, 5) is 11.8. The normalized spacial score (nSPS) is 12.6. The highest BCUT2D eigenvalue weighted by atomic mass is 28.4. The van der Waals surface area contributed by atoms with Gasteiger partial charge in [-0.25, -0.2) is 4.79 Å². The number of carbonyl (C=O) groups excluding carboxylic acids is 1. The number of alkyl carbamates (subject to hydrolysis) is 1. The topological polar surface area (TPSA) is 84.5 Å². The first-order valence-corrected chi connectivity index (χ1v) is 11.6. The second-order valence-corrected chi connectivity index (χ2v) is 8.18. The first kappa shape index (κ1) is 26.0. The van der Waals surface area contributed by atoms with Gasteiger partial charge >= 0.3 is 14.9 Å². The monoisotopic (exact) mass is 407 g/mol. The zero-order valence-electron chi connectivity index (χ0n) is 17.3. The predicted molar refractivity (Wildman–Crippen MR) is 106 cm³/mol. The molecule has 0 aromatic carbocycles. The van der Waals surface area contributed by atoms with Gasteiger partial charge in [0.1, 0.15) is 12.7 Å². The van der Waals surface area contributed by atoms with Gasteiger partial charge in [0.2, 0.25) is 0 Å². The van der Waals surface area contributed by atoms with E-state index < -0.39 is 14.9 Å². The zero-order chi connectivity index (χ0) is 20.4. The van der Waals surface area contributed by atoms with Gasteiger partial charge in [0.15, 0.2) is 0 Å². The van der Waals surface area contributed by atoms with Crippen LogP contribution in [0.5, 0.6) is 0 Å². The minimum Gasteiger partial charge on any atom is -0.446 e. The standard InChI is InChI=1S/C18H37NO7Si/c1-6-17(22-14-13-21-7-2)16-23-18(20)19-12-11-15-27(24-8-3,25-9-4)26-10-5/h6,17H,1,7-16H2,2-5H3,(H,19,20). The lowest BCUT2D eigenvalue weighted by Gasteiger charge is -2.28. The van der Waals surface area contributed by atoms with Gasteiger partial charge in [0.25, 0.3) is 0 Å². The molecular weight excluding hydrogens is 370 g/mol. The van der Waals surface area contributed by atoms with Crippen LogP contribution in [-0.2, 0) is 27.5 Å². The fraction of sp³-hybridized carbons (Fsp3) is 0.833. The molecule has 0 aliphatic heterocycles. The molecule has 160 valence electrons. The van der Waals surface area contributed by atoms with E-state index in [1.807, 2.05) is 27.7 Å². The Morgan fingerprint density at radius 1 is 1.04 bits per heavy atom. The van der Waals surface area contributed by atoms with Gasteiger partial charge in [-0.15, -0.1) is 6.58 Å². The van der Waals surface area contributed by atoms with Gasteiger partial charge in [-0.2, -0.15) is 0 Å². The van der Waals surface area contributed by atoms with E-state index in [1.165, 1.54) is 0 Å². The quantitative estimate of drug-likeness (QED) is 0.212. The summed E-state index contributed by atoms with van der Waals surface area (Å²) in [6.45, 7) is 15.1. The maximum Gasteiger partial charge on any atom is 0.500 e. The number of hydrogen-bond acceptors (Lipinski definition) is 7. The molecule has 1 atom stereocenters. The van der Waals surface area contributed by atoms with Crippen molar-refractivity contribution in [3.63, 3.8) is 0 Å². The molecule has 9 heteroatoms. The minimum atomic E-state index is -2.67. The van der Waals surface area contributed by atoms with E-state index in [1.54, 1.807) is 6.08 Å². The van der Waals surface area contributed by atoms with Crippen LogP contribution in [-0.4, -0.2) is 73.8 Å². The predicted octanol–water partition coefficient (Wildman–Crippen LogP) is 2.76. The molecule has 1 amide bonds. The Labute approximate surface area is 164 Å². The molecule has 0 bridgehead atoms. The average molecular weight is 408 g/mol. The summed E-state index contributed by atoms with van der Waals surface area (Å²) >= 11 is 0. The second-order valence-electron chi connectivity index (χ2n) is 5.45. The smallest absolute Gasteiger partial charge is 0.446 e. The maximum absolute atomic E-state index is 11.8. The highest BCUT2D eigenvalue weighted by Crippen LogP contribution is 2.17. The Morgan fingerprint density at radius 2 is 1.67 bits per heavy atom. The first-order chi connectivity index (χ1) is 13.1. The molecule has 0 saturated carbocycles. The molecule has 27 heavy (non-hydrogen) atoms. The van der Waals surface area contributed by atoms with Crippen molar-refractivity contribution >= 4 is 14.9 Å². The van der Waals surface area contributed by atoms with Crippen LogP contribution < -0.4 is 5.32 Å². The van der Waals surface area contributed by atoms with Crippen molar-refractivity contribution in [3.8, 4) is 0 Å². The number of amides is 1. The number of rotatable bonds is 18. The fourth-order valence-electron chi connectivity index (χ4n) is 2.29. The first-order valence-electron chi connectivity index (χ1n) is 9.71. The van der Waals surface area contributed by atoms with E-state index in [0.717, 1.165) is 0 Å². The third kappa shape index (κ3) is 12.9. The van der Waals surface area contributed by atoms with Gasteiger partial charge in [-0.3, -0.25) is 0 Å². The van der Waals surface area contributed by atoms with E-state index in [0.29, 0.717) is 58.7 Å². The lowest BCUT2D eigenvalue weighted by molar-refractivity contribution is -0.0000917. The number of nitrogens with one attached hydrogen (secondary N) is 1. The van der Waals surface area contributed by atoms with Crippen LogP contribution in [0.15, 0.2) is 12.7 Å². The summed E-state index contributed by atoms with van der Waals surface area (Å²) in [5, 5.41) is 2.72. The highest BCUT2D eigenvalue weighted by molar-refractivity contribution is 6.60. The van der Waals surface area contributed by atoms with Gasteiger partial charge in [-0.1, -0.05) is 6.08 Å². The van der Waals surface area contributed by atoms with Crippen molar-refractivity contribution in [2.24, 2.45) is 0 Å². The van der Waals surface area contributed by atoms with Crippen LogP contribution in [0.1, 0.15) is 34.1 Å². The molecule has 0 spiro atoms. The molecule has 0 heterocycles. The molecule has 0 rings (SSSR count). The molecule has 0 aromatic rings. The third-order valence-electron chi connectivity index (χ3n) is 3.43. The van der Waals surface area contributed by atoms with E-state index in [-0.39, 0.29) is 12.7 Å². The van der Waals surface area contributed by atoms with Crippen molar-refractivity contribution in [1.29, 1.82) is 0 Å². The van der Waals surface area contributed by atoms with Crippen LogP contribution in [0.3, 0.4) is 0 Å². The van der Waals surface area contributed by atoms with Crippen molar-refractivity contribution in [2.75, 3.05) is 52.8 Å². The number of ether oxygens (including phenoxy) is 3. The molecule has 0 aromatic heterocycles. The SMILES string of the molecule is C=CC(COC(=O)NCCC[Si](OCC)(OCC)OCC)OCCOCC. The number of hydrogen-bond donors (Lipinski definition) is 1. The Morgan fingerprint density at radius 3 is 2.19 bits per heavy atom. The highest BCUT2D eigenvalue weighted by Gasteiger charge is 2.39. The molecule has 8 nitrogen and oxygen atoms in total. The van der Waals surface area contributed by atoms with Crippen LogP contribution in [0.25, 0.3) is 0 Å². The molecule has 0 saturated heterocycles. The third-order valence-corrected chi connectivity index (χ3v) is 6.58. The summed E-state index contributed by atoms with van der Waals surface area (Å²) in [5.74, 6) is 0. The fourth-order valence-corrected chi connectivity index (χ4v) is 4.90. The second kappa shape index (κ2) is 17.1. The zero-order valence-corrected chi connectivity index (χ0v) is 18.3. The summed E-state index contributed by atoms with van der Waals surface area (Å²) in [5.41, 5.74) is 0. The molecule has 0 aliphatic carbocycles. The van der Waals surface area contributed by atoms with Crippen molar-refractivity contribution in [2.45, 2.75) is 46.3 Å². The molecule has 1 N–H and O–H groups in total. The van der Waals surface area contributed by atoms with Gasteiger partial charge in [0.05, 0.1) is 13.2 Å². The minimum absolute atomic E-state index is 0.108. The summed E-state index contributed by atoms with van der Waals surface area (Å²) in [6, 6.07) is 0.638. The van der Waals surface area contributed by atoms with Gasteiger partial charge in [0, 0.05) is 39.0 Å². The molecular formula is C18H37NO7Si. The maximum atomic E-state index is 11.8. The van der Waals surface area contributed by atoms with Gasteiger partial charge < -0.3 is 32.8 Å². The molecule has 0 aliphatic rings. The molecule has 1 unspecified atom stereocenters.